The van der Waals surface area contributed by atoms with Crippen LogP contribution in [-0.4, -0.2) is 0 Å². The van der Waals surface area contributed by atoms with Crippen molar-refractivity contribution in [2.24, 2.45) is 5.92 Å². The largest absolute Gasteiger partial charge is 0.113 e. The summed E-state index contributed by atoms with van der Waals surface area (Å²) in [7, 11) is 0. The van der Waals surface area contributed by atoms with Crippen molar-refractivity contribution in [1.29, 1.82) is 0 Å². The Bertz CT molecular complexity index is 767. The van der Waals surface area contributed by atoms with Gasteiger partial charge in [0.15, 0.2) is 0 Å². The molecule has 0 radical (unpaired) electrons. The molecule has 0 saturated heterocycles. The van der Waals surface area contributed by atoms with Crippen LogP contribution in [-0.2, 0) is 6.42 Å². The van der Waals surface area contributed by atoms with Gasteiger partial charge in [0.1, 0.15) is 0 Å². The van der Waals surface area contributed by atoms with Crippen LogP contribution in [0.25, 0.3) is 12.2 Å². The van der Waals surface area contributed by atoms with E-state index in [0.29, 0.717) is 5.92 Å². The number of halogens is 1. The van der Waals surface area contributed by atoms with Gasteiger partial charge in [-0.05, 0) is 34.2 Å². The summed E-state index contributed by atoms with van der Waals surface area (Å²) in [5, 5.41) is 0.0146. The molecule has 2 aromatic carbocycles. The lowest BCUT2D eigenvalue weighted by molar-refractivity contribution is 0.761. The molecule has 2 atom stereocenters. The highest BCUT2D eigenvalue weighted by molar-refractivity contribution is 6.24. The summed E-state index contributed by atoms with van der Waals surface area (Å²) in [5.74, 6) is 0.396. The standard InChI is InChI=1S/C20H17Cl/c1-13(17-10-14-6-2-3-7-15(14)11-17)19-12-16-8-4-5-9-18(16)20(19)21/h2-10,12-13,20H,11H2,1H3. The minimum absolute atomic E-state index is 0.0146. The summed E-state index contributed by atoms with van der Waals surface area (Å²) >= 11 is 6.70. The Labute approximate surface area is 130 Å². The van der Waals surface area contributed by atoms with E-state index < -0.39 is 0 Å². The Morgan fingerprint density at radius 3 is 2.43 bits per heavy atom. The molecule has 21 heavy (non-hydrogen) atoms. The summed E-state index contributed by atoms with van der Waals surface area (Å²) in [6.07, 6.45) is 5.67. The minimum atomic E-state index is 0.0146. The molecule has 0 amide bonds. The first-order valence-corrected chi connectivity index (χ1v) is 7.90. The Hall–Kier alpha value is -1.79. The molecular weight excluding hydrogens is 276 g/mol. The van der Waals surface area contributed by atoms with Gasteiger partial charge < -0.3 is 0 Å². The van der Waals surface area contributed by atoms with Crippen LogP contribution in [0.1, 0.15) is 34.6 Å². The quantitative estimate of drug-likeness (QED) is 0.628. The van der Waals surface area contributed by atoms with E-state index in [9.17, 15) is 0 Å². The van der Waals surface area contributed by atoms with E-state index in [2.05, 4.69) is 67.6 Å². The molecule has 0 nitrogen and oxygen atoms in total. The number of benzene rings is 2. The van der Waals surface area contributed by atoms with Crippen molar-refractivity contribution in [1.82, 2.24) is 0 Å². The first-order valence-electron chi connectivity index (χ1n) is 7.47. The maximum Gasteiger partial charge on any atom is 0.0810 e. The van der Waals surface area contributed by atoms with Crippen LogP contribution >= 0.6 is 11.6 Å². The molecule has 0 N–H and O–H groups in total. The number of hydrogen-bond acceptors (Lipinski definition) is 0. The smallest absolute Gasteiger partial charge is 0.0810 e. The Morgan fingerprint density at radius 1 is 0.952 bits per heavy atom. The highest BCUT2D eigenvalue weighted by Crippen LogP contribution is 2.46. The van der Waals surface area contributed by atoms with Crippen molar-refractivity contribution in [3.05, 3.63) is 81.9 Å². The van der Waals surface area contributed by atoms with Gasteiger partial charge in [0.05, 0.1) is 5.38 Å². The molecule has 0 saturated carbocycles. The van der Waals surface area contributed by atoms with E-state index in [4.69, 9.17) is 11.6 Å². The van der Waals surface area contributed by atoms with E-state index in [1.807, 2.05) is 0 Å². The van der Waals surface area contributed by atoms with Crippen LogP contribution in [0.15, 0.2) is 59.7 Å². The molecular formula is C20H17Cl. The predicted molar refractivity (Wildman–Crippen MR) is 90.3 cm³/mol. The second-order valence-corrected chi connectivity index (χ2v) is 6.39. The van der Waals surface area contributed by atoms with E-state index in [1.54, 1.807) is 0 Å². The van der Waals surface area contributed by atoms with Gasteiger partial charge >= 0.3 is 0 Å². The molecule has 2 aliphatic rings. The first kappa shape index (κ1) is 12.9. The summed E-state index contributed by atoms with van der Waals surface area (Å²) in [4.78, 5) is 0. The van der Waals surface area contributed by atoms with Crippen LogP contribution in [0.3, 0.4) is 0 Å². The summed E-state index contributed by atoms with van der Waals surface area (Å²) in [5.41, 5.74) is 8.12. The number of rotatable bonds is 2. The number of allylic oxidation sites excluding steroid dienone is 2. The van der Waals surface area contributed by atoms with Crippen LogP contribution in [0.5, 0.6) is 0 Å². The van der Waals surface area contributed by atoms with Crippen molar-refractivity contribution in [3.8, 4) is 0 Å². The van der Waals surface area contributed by atoms with Crippen LogP contribution in [0.2, 0.25) is 0 Å². The zero-order valence-corrected chi connectivity index (χ0v) is 12.8. The summed E-state index contributed by atoms with van der Waals surface area (Å²) in [6, 6.07) is 17.1. The SMILES string of the molecule is CC(C1=Cc2ccccc2C1)C1=Cc2ccccc2C1Cl. The lowest BCUT2D eigenvalue weighted by Crippen LogP contribution is -2.05. The predicted octanol–water partition coefficient (Wildman–Crippen LogP) is 5.64. The third-order valence-corrected chi connectivity index (χ3v) is 5.22. The van der Waals surface area contributed by atoms with Gasteiger partial charge in [0.25, 0.3) is 0 Å². The highest BCUT2D eigenvalue weighted by atomic mass is 35.5. The molecule has 0 heterocycles. The second-order valence-electron chi connectivity index (χ2n) is 5.95. The zero-order valence-electron chi connectivity index (χ0n) is 12.0. The van der Waals surface area contributed by atoms with Crippen molar-refractivity contribution in [2.75, 3.05) is 0 Å². The van der Waals surface area contributed by atoms with E-state index in [1.165, 1.54) is 33.4 Å². The Kier molecular flexibility index (Phi) is 3.01. The number of fused-ring (bicyclic) bond motifs is 2. The van der Waals surface area contributed by atoms with Crippen molar-refractivity contribution in [2.45, 2.75) is 18.7 Å². The minimum Gasteiger partial charge on any atom is -0.113 e. The number of alkyl halides is 1. The van der Waals surface area contributed by atoms with Gasteiger partial charge in [-0.25, -0.2) is 0 Å². The first-order chi connectivity index (χ1) is 10.2. The molecule has 4 rings (SSSR count). The summed E-state index contributed by atoms with van der Waals surface area (Å²) < 4.78 is 0. The Balaban J connectivity index is 1.65. The zero-order chi connectivity index (χ0) is 14.4. The van der Waals surface area contributed by atoms with Gasteiger partial charge in [0.2, 0.25) is 0 Å². The summed E-state index contributed by atoms with van der Waals surface area (Å²) in [6.45, 7) is 2.28. The normalized spacial score (nSPS) is 20.6. The third kappa shape index (κ3) is 2.06. The fraction of sp³-hybridized carbons (Fsp3) is 0.200. The van der Waals surface area contributed by atoms with Gasteiger partial charge in [-0.1, -0.05) is 73.2 Å². The third-order valence-electron chi connectivity index (χ3n) is 4.73. The van der Waals surface area contributed by atoms with E-state index in [0.717, 1.165) is 6.42 Å². The molecule has 0 aliphatic heterocycles. The molecule has 0 fully saturated rings. The van der Waals surface area contributed by atoms with Gasteiger partial charge in [-0.2, -0.15) is 0 Å². The molecule has 0 aromatic heterocycles. The van der Waals surface area contributed by atoms with E-state index in [-0.39, 0.29) is 5.38 Å². The average molecular weight is 293 g/mol. The molecule has 1 heteroatoms. The van der Waals surface area contributed by atoms with Gasteiger partial charge in [-0.15, -0.1) is 11.6 Å². The molecule has 2 aliphatic carbocycles. The lowest BCUT2D eigenvalue weighted by atomic mass is 9.90. The fourth-order valence-corrected chi connectivity index (χ4v) is 3.90. The second kappa shape index (κ2) is 4.89. The molecule has 0 spiro atoms. The molecule has 2 aromatic rings. The monoisotopic (exact) mass is 292 g/mol. The maximum absolute atomic E-state index is 6.70. The van der Waals surface area contributed by atoms with Crippen LogP contribution in [0.4, 0.5) is 0 Å². The highest BCUT2D eigenvalue weighted by Gasteiger charge is 2.29. The van der Waals surface area contributed by atoms with E-state index >= 15 is 0 Å². The van der Waals surface area contributed by atoms with Crippen molar-refractivity contribution >= 4 is 23.8 Å². The van der Waals surface area contributed by atoms with Gasteiger partial charge in [0, 0.05) is 5.92 Å². The topological polar surface area (TPSA) is 0 Å². The lowest BCUT2D eigenvalue weighted by Gasteiger charge is -2.18. The maximum atomic E-state index is 6.70. The Morgan fingerprint density at radius 2 is 1.67 bits per heavy atom. The van der Waals surface area contributed by atoms with Crippen molar-refractivity contribution in [3.63, 3.8) is 0 Å². The molecule has 2 unspecified atom stereocenters. The van der Waals surface area contributed by atoms with Gasteiger partial charge in [-0.3, -0.25) is 0 Å². The molecule has 0 bridgehead atoms. The average Bonchev–Trinajstić information content (AvgIpc) is 3.08. The van der Waals surface area contributed by atoms with Crippen molar-refractivity contribution < 1.29 is 0 Å². The number of hydrogen-bond donors (Lipinski definition) is 0. The molecule has 104 valence electrons. The van der Waals surface area contributed by atoms with Crippen LogP contribution in [0, 0.1) is 5.92 Å². The van der Waals surface area contributed by atoms with Crippen LogP contribution < -0.4 is 0 Å². The fourth-order valence-electron chi connectivity index (χ4n) is 3.45.